The molecule has 4 heteroatoms. The Bertz CT molecular complexity index is 267. The molecule has 1 heterocycles. The average Bonchev–Trinajstić information content (AvgIpc) is 2.27. The highest BCUT2D eigenvalue weighted by Gasteiger charge is 2.13. The van der Waals surface area contributed by atoms with Gasteiger partial charge in [-0.25, -0.2) is 0 Å². The number of rotatable bonds is 6. The molecule has 1 aromatic rings. The van der Waals surface area contributed by atoms with Gasteiger partial charge in [0, 0.05) is 25.4 Å². The first-order chi connectivity index (χ1) is 7.27. The summed E-state index contributed by atoms with van der Waals surface area (Å²) < 4.78 is 0. The van der Waals surface area contributed by atoms with Crippen LogP contribution in [0.4, 0.5) is 0 Å². The summed E-state index contributed by atoms with van der Waals surface area (Å²) in [7, 11) is 1.92. The Labute approximate surface area is 90.2 Å². The topological polar surface area (TPSA) is 56.6 Å². The van der Waals surface area contributed by atoms with Crippen LogP contribution in [0.5, 0.6) is 0 Å². The van der Waals surface area contributed by atoms with E-state index < -0.39 is 0 Å². The molecule has 0 bridgehead atoms. The molecule has 1 aromatic heterocycles. The SMILES string of the molecule is CN(Cc1ccccn1)C(CO)CCO. The number of likely N-dealkylation sites (N-methyl/N-ethyl adjacent to an activating group) is 1. The lowest BCUT2D eigenvalue weighted by atomic mass is 10.2. The summed E-state index contributed by atoms with van der Waals surface area (Å²) in [4.78, 5) is 6.21. The molecule has 0 aliphatic heterocycles. The lowest BCUT2D eigenvalue weighted by Gasteiger charge is -2.25. The molecular weight excluding hydrogens is 192 g/mol. The van der Waals surface area contributed by atoms with Gasteiger partial charge in [-0.15, -0.1) is 0 Å². The minimum atomic E-state index is -0.00277. The number of pyridine rings is 1. The maximum atomic E-state index is 9.13. The third-order valence-electron chi connectivity index (χ3n) is 2.43. The summed E-state index contributed by atoms with van der Waals surface area (Å²) in [5, 5.41) is 18.0. The largest absolute Gasteiger partial charge is 0.396 e. The van der Waals surface area contributed by atoms with Gasteiger partial charge in [-0.3, -0.25) is 9.88 Å². The lowest BCUT2D eigenvalue weighted by Crippen LogP contribution is -2.35. The third-order valence-corrected chi connectivity index (χ3v) is 2.43. The normalized spacial score (nSPS) is 13.1. The van der Waals surface area contributed by atoms with Gasteiger partial charge in [0.25, 0.3) is 0 Å². The summed E-state index contributed by atoms with van der Waals surface area (Å²) in [6.07, 6.45) is 2.34. The van der Waals surface area contributed by atoms with E-state index in [1.165, 1.54) is 0 Å². The van der Waals surface area contributed by atoms with Crippen molar-refractivity contribution in [3.63, 3.8) is 0 Å². The monoisotopic (exact) mass is 210 g/mol. The number of hydrogen-bond acceptors (Lipinski definition) is 4. The standard InChI is InChI=1S/C11H18N2O2/c1-13(11(9-15)5-7-14)8-10-4-2-3-6-12-10/h2-4,6,11,14-15H,5,7-9H2,1H3. The Balaban J connectivity index is 2.50. The summed E-state index contributed by atoms with van der Waals surface area (Å²) >= 11 is 0. The fourth-order valence-electron chi connectivity index (χ4n) is 1.48. The van der Waals surface area contributed by atoms with E-state index in [9.17, 15) is 0 Å². The molecule has 4 nitrogen and oxygen atoms in total. The van der Waals surface area contributed by atoms with Gasteiger partial charge in [-0.05, 0) is 25.6 Å². The van der Waals surface area contributed by atoms with Crippen LogP contribution >= 0.6 is 0 Å². The quantitative estimate of drug-likeness (QED) is 0.707. The Kier molecular flexibility index (Phi) is 5.25. The molecule has 0 amide bonds. The Morgan fingerprint density at radius 1 is 1.40 bits per heavy atom. The zero-order chi connectivity index (χ0) is 11.1. The first-order valence-corrected chi connectivity index (χ1v) is 5.09. The fraction of sp³-hybridized carbons (Fsp3) is 0.545. The minimum Gasteiger partial charge on any atom is -0.396 e. The van der Waals surface area contributed by atoms with Gasteiger partial charge in [0.1, 0.15) is 0 Å². The Morgan fingerprint density at radius 2 is 2.20 bits per heavy atom. The van der Waals surface area contributed by atoms with Crippen molar-refractivity contribution in [2.45, 2.75) is 19.0 Å². The van der Waals surface area contributed by atoms with Gasteiger partial charge in [-0.1, -0.05) is 6.07 Å². The van der Waals surface area contributed by atoms with Crippen molar-refractivity contribution in [1.29, 1.82) is 0 Å². The zero-order valence-corrected chi connectivity index (χ0v) is 9.00. The van der Waals surface area contributed by atoms with Crippen molar-refractivity contribution in [3.05, 3.63) is 30.1 Å². The van der Waals surface area contributed by atoms with Crippen LogP contribution < -0.4 is 0 Å². The number of hydrogen-bond donors (Lipinski definition) is 2. The van der Waals surface area contributed by atoms with Gasteiger partial charge in [0.15, 0.2) is 0 Å². The molecule has 84 valence electrons. The van der Waals surface area contributed by atoms with E-state index in [4.69, 9.17) is 10.2 Å². The van der Waals surface area contributed by atoms with E-state index in [-0.39, 0.29) is 19.3 Å². The maximum Gasteiger partial charge on any atom is 0.0587 e. The van der Waals surface area contributed by atoms with Crippen molar-refractivity contribution < 1.29 is 10.2 Å². The molecule has 0 aliphatic carbocycles. The molecule has 1 rings (SSSR count). The molecule has 2 N–H and O–H groups in total. The average molecular weight is 210 g/mol. The second kappa shape index (κ2) is 6.50. The van der Waals surface area contributed by atoms with Crippen LogP contribution in [0.3, 0.4) is 0 Å². The van der Waals surface area contributed by atoms with Crippen LogP contribution in [0.2, 0.25) is 0 Å². The van der Waals surface area contributed by atoms with E-state index in [0.29, 0.717) is 13.0 Å². The molecule has 0 saturated heterocycles. The van der Waals surface area contributed by atoms with Gasteiger partial charge in [0.05, 0.1) is 12.3 Å². The minimum absolute atomic E-state index is 0.00277. The van der Waals surface area contributed by atoms with Crippen LogP contribution in [0.25, 0.3) is 0 Å². The van der Waals surface area contributed by atoms with E-state index in [0.717, 1.165) is 5.69 Å². The molecule has 0 aliphatic rings. The molecule has 1 atom stereocenters. The molecule has 1 unspecified atom stereocenters. The van der Waals surface area contributed by atoms with E-state index >= 15 is 0 Å². The highest BCUT2D eigenvalue weighted by atomic mass is 16.3. The summed E-state index contributed by atoms with van der Waals surface area (Å²) in [6, 6.07) is 5.76. The van der Waals surface area contributed by atoms with Gasteiger partial charge >= 0.3 is 0 Å². The molecule has 0 radical (unpaired) electrons. The number of aliphatic hydroxyl groups is 2. The number of aliphatic hydroxyl groups excluding tert-OH is 2. The van der Waals surface area contributed by atoms with E-state index in [1.54, 1.807) is 6.20 Å². The van der Waals surface area contributed by atoms with Gasteiger partial charge in [-0.2, -0.15) is 0 Å². The zero-order valence-electron chi connectivity index (χ0n) is 9.00. The molecule has 0 aromatic carbocycles. The van der Waals surface area contributed by atoms with Crippen molar-refractivity contribution in [2.75, 3.05) is 20.3 Å². The fourth-order valence-corrected chi connectivity index (χ4v) is 1.48. The van der Waals surface area contributed by atoms with Gasteiger partial charge < -0.3 is 10.2 Å². The second-order valence-corrected chi connectivity index (χ2v) is 3.58. The summed E-state index contributed by atoms with van der Waals surface area (Å²) in [5.74, 6) is 0. The van der Waals surface area contributed by atoms with Crippen molar-refractivity contribution >= 4 is 0 Å². The van der Waals surface area contributed by atoms with Crippen molar-refractivity contribution in [1.82, 2.24) is 9.88 Å². The van der Waals surface area contributed by atoms with Crippen LogP contribution in [-0.4, -0.2) is 46.4 Å². The maximum absolute atomic E-state index is 9.13. The molecule has 0 fully saturated rings. The molecular formula is C11H18N2O2. The number of aromatic nitrogens is 1. The summed E-state index contributed by atoms with van der Waals surface area (Å²) in [5.41, 5.74) is 0.969. The highest BCUT2D eigenvalue weighted by Crippen LogP contribution is 2.05. The van der Waals surface area contributed by atoms with Crippen LogP contribution in [0, 0.1) is 0 Å². The molecule has 15 heavy (non-hydrogen) atoms. The lowest BCUT2D eigenvalue weighted by molar-refractivity contribution is 0.114. The second-order valence-electron chi connectivity index (χ2n) is 3.58. The van der Waals surface area contributed by atoms with Crippen LogP contribution in [0.1, 0.15) is 12.1 Å². The van der Waals surface area contributed by atoms with E-state index in [2.05, 4.69) is 4.98 Å². The predicted molar refractivity (Wildman–Crippen MR) is 58.3 cm³/mol. The van der Waals surface area contributed by atoms with Gasteiger partial charge in [0.2, 0.25) is 0 Å². The smallest absolute Gasteiger partial charge is 0.0587 e. The third kappa shape index (κ3) is 3.95. The number of nitrogens with zero attached hydrogens (tertiary/aromatic N) is 2. The highest BCUT2D eigenvalue weighted by molar-refractivity contribution is 5.03. The summed E-state index contributed by atoms with van der Waals surface area (Å²) in [6.45, 7) is 0.841. The predicted octanol–water partition coefficient (Wildman–Crippen LogP) is 0.257. The Hall–Kier alpha value is -0.970. The Morgan fingerprint density at radius 3 is 2.73 bits per heavy atom. The van der Waals surface area contributed by atoms with Crippen molar-refractivity contribution in [2.24, 2.45) is 0 Å². The molecule has 0 saturated carbocycles. The molecule has 0 spiro atoms. The first-order valence-electron chi connectivity index (χ1n) is 5.09. The van der Waals surface area contributed by atoms with Crippen LogP contribution in [-0.2, 0) is 6.54 Å². The van der Waals surface area contributed by atoms with Crippen molar-refractivity contribution in [3.8, 4) is 0 Å². The van der Waals surface area contributed by atoms with Crippen LogP contribution in [0.15, 0.2) is 24.4 Å². The van der Waals surface area contributed by atoms with E-state index in [1.807, 2.05) is 30.1 Å². The first kappa shape index (κ1) is 12.1.